The standard InChI is InChI=1S/C11H12F2N2/c1-6(5-14)9-8(12)4-7-2-3-15-11(7)10(9)13/h2-4,6,15H,5,14H2,1H3. The maximum Gasteiger partial charge on any atom is 0.153 e. The van der Waals surface area contributed by atoms with Gasteiger partial charge in [-0.25, -0.2) is 8.78 Å². The van der Waals surface area contributed by atoms with Crippen LogP contribution < -0.4 is 5.73 Å². The Bertz CT molecular complexity index is 491. The van der Waals surface area contributed by atoms with E-state index in [4.69, 9.17) is 5.73 Å². The maximum absolute atomic E-state index is 13.9. The van der Waals surface area contributed by atoms with E-state index in [9.17, 15) is 8.78 Å². The van der Waals surface area contributed by atoms with Gasteiger partial charge in [0.05, 0.1) is 5.52 Å². The molecule has 1 unspecified atom stereocenters. The third kappa shape index (κ3) is 1.51. The minimum absolute atomic E-state index is 0.0625. The van der Waals surface area contributed by atoms with Crippen molar-refractivity contribution in [3.8, 4) is 0 Å². The molecule has 2 aromatic rings. The monoisotopic (exact) mass is 210 g/mol. The van der Waals surface area contributed by atoms with Crippen LogP contribution in [-0.2, 0) is 0 Å². The second kappa shape index (κ2) is 3.62. The number of aromatic nitrogens is 1. The minimum Gasteiger partial charge on any atom is -0.359 e. The summed E-state index contributed by atoms with van der Waals surface area (Å²) in [6.07, 6.45) is 1.59. The molecule has 0 spiro atoms. The molecule has 1 aromatic carbocycles. The van der Waals surface area contributed by atoms with Crippen molar-refractivity contribution in [3.05, 3.63) is 35.5 Å². The van der Waals surface area contributed by atoms with Crippen molar-refractivity contribution in [1.82, 2.24) is 4.98 Å². The summed E-state index contributed by atoms with van der Waals surface area (Å²) in [6, 6.07) is 2.97. The number of hydrogen-bond donors (Lipinski definition) is 2. The smallest absolute Gasteiger partial charge is 0.153 e. The fourth-order valence-corrected chi connectivity index (χ4v) is 1.72. The minimum atomic E-state index is -0.534. The Morgan fingerprint density at radius 2 is 2.20 bits per heavy atom. The summed E-state index contributed by atoms with van der Waals surface area (Å²) in [4.78, 5) is 2.75. The Morgan fingerprint density at radius 1 is 1.47 bits per heavy atom. The molecule has 2 nitrogen and oxygen atoms in total. The molecule has 0 saturated carbocycles. The average Bonchev–Trinajstić information content (AvgIpc) is 2.65. The summed E-state index contributed by atoms with van der Waals surface area (Å²) in [5.74, 6) is -1.39. The third-order valence-electron chi connectivity index (χ3n) is 2.62. The molecule has 0 aliphatic rings. The van der Waals surface area contributed by atoms with Crippen molar-refractivity contribution in [1.29, 1.82) is 0 Å². The summed E-state index contributed by atoms with van der Waals surface area (Å²) >= 11 is 0. The molecule has 1 atom stereocenters. The van der Waals surface area contributed by atoms with Crippen LogP contribution in [0.25, 0.3) is 10.9 Å². The predicted octanol–water partition coefficient (Wildman–Crippen LogP) is 2.51. The molecule has 0 fully saturated rings. The van der Waals surface area contributed by atoms with E-state index in [0.717, 1.165) is 0 Å². The Morgan fingerprint density at radius 3 is 2.87 bits per heavy atom. The van der Waals surface area contributed by atoms with Crippen LogP contribution in [0.1, 0.15) is 18.4 Å². The summed E-state index contributed by atoms with van der Waals surface area (Å²) in [5, 5.41) is 0.540. The van der Waals surface area contributed by atoms with Crippen molar-refractivity contribution in [3.63, 3.8) is 0 Å². The molecule has 1 heterocycles. The zero-order valence-electron chi connectivity index (χ0n) is 8.35. The van der Waals surface area contributed by atoms with Crippen molar-refractivity contribution in [2.45, 2.75) is 12.8 Å². The molecular formula is C11H12F2N2. The van der Waals surface area contributed by atoms with Crippen LogP contribution in [-0.4, -0.2) is 11.5 Å². The largest absolute Gasteiger partial charge is 0.359 e. The van der Waals surface area contributed by atoms with E-state index in [0.29, 0.717) is 10.9 Å². The topological polar surface area (TPSA) is 41.8 Å². The molecule has 15 heavy (non-hydrogen) atoms. The Labute approximate surface area is 86.1 Å². The molecule has 80 valence electrons. The van der Waals surface area contributed by atoms with Gasteiger partial charge in [0.25, 0.3) is 0 Å². The van der Waals surface area contributed by atoms with Gasteiger partial charge in [0.2, 0.25) is 0 Å². The fourth-order valence-electron chi connectivity index (χ4n) is 1.72. The van der Waals surface area contributed by atoms with E-state index in [1.165, 1.54) is 6.07 Å². The molecule has 0 aliphatic heterocycles. The van der Waals surface area contributed by atoms with Crippen molar-refractivity contribution in [2.75, 3.05) is 6.54 Å². The first-order chi connectivity index (χ1) is 7.15. The number of fused-ring (bicyclic) bond motifs is 1. The molecule has 0 aliphatic carbocycles. The molecule has 0 radical (unpaired) electrons. The number of nitrogens with one attached hydrogen (secondary N) is 1. The second-order valence-corrected chi connectivity index (χ2v) is 3.66. The van der Waals surface area contributed by atoms with Crippen LogP contribution >= 0.6 is 0 Å². The number of H-pyrrole nitrogens is 1. The van der Waals surface area contributed by atoms with Gasteiger partial charge < -0.3 is 10.7 Å². The van der Waals surface area contributed by atoms with Crippen LogP contribution in [0.5, 0.6) is 0 Å². The lowest BCUT2D eigenvalue weighted by Crippen LogP contribution is -2.12. The molecule has 0 bridgehead atoms. The summed E-state index contributed by atoms with van der Waals surface area (Å²) in [6.45, 7) is 1.93. The van der Waals surface area contributed by atoms with Crippen LogP contribution in [0.3, 0.4) is 0 Å². The van der Waals surface area contributed by atoms with Crippen molar-refractivity contribution < 1.29 is 8.78 Å². The molecule has 1 aromatic heterocycles. The molecule has 0 saturated heterocycles. The zero-order chi connectivity index (χ0) is 11.0. The third-order valence-corrected chi connectivity index (χ3v) is 2.62. The molecule has 2 rings (SSSR count). The molecule has 4 heteroatoms. The van der Waals surface area contributed by atoms with E-state index in [-0.39, 0.29) is 18.0 Å². The van der Waals surface area contributed by atoms with Gasteiger partial charge in [0, 0.05) is 17.1 Å². The zero-order valence-corrected chi connectivity index (χ0v) is 8.35. The normalized spacial score (nSPS) is 13.3. The van der Waals surface area contributed by atoms with Crippen LogP contribution in [0.2, 0.25) is 0 Å². The molecule has 0 amide bonds. The van der Waals surface area contributed by atoms with Crippen LogP contribution in [0.15, 0.2) is 18.3 Å². The summed E-state index contributed by atoms with van der Waals surface area (Å²) in [7, 11) is 0. The van der Waals surface area contributed by atoms with Gasteiger partial charge in [-0.15, -0.1) is 0 Å². The van der Waals surface area contributed by atoms with Gasteiger partial charge in [-0.05, 0) is 24.6 Å². The predicted molar refractivity (Wildman–Crippen MR) is 55.7 cm³/mol. The number of halogens is 2. The summed E-state index contributed by atoms with van der Waals surface area (Å²) < 4.78 is 27.5. The number of rotatable bonds is 2. The lowest BCUT2D eigenvalue weighted by Gasteiger charge is -2.11. The van der Waals surface area contributed by atoms with E-state index in [1.807, 2.05) is 0 Å². The van der Waals surface area contributed by atoms with Gasteiger partial charge in [0.1, 0.15) is 5.82 Å². The van der Waals surface area contributed by atoms with E-state index >= 15 is 0 Å². The number of aromatic amines is 1. The summed E-state index contributed by atoms with van der Waals surface area (Å²) in [5.41, 5.74) is 5.82. The van der Waals surface area contributed by atoms with Crippen LogP contribution in [0.4, 0.5) is 8.78 Å². The highest BCUT2D eigenvalue weighted by atomic mass is 19.1. The fraction of sp³-hybridized carbons (Fsp3) is 0.273. The van der Waals surface area contributed by atoms with Crippen molar-refractivity contribution >= 4 is 10.9 Å². The van der Waals surface area contributed by atoms with Gasteiger partial charge in [-0.1, -0.05) is 6.92 Å². The van der Waals surface area contributed by atoms with Crippen LogP contribution in [0, 0.1) is 11.6 Å². The van der Waals surface area contributed by atoms with Gasteiger partial charge in [-0.3, -0.25) is 0 Å². The Kier molecular flexibility index (Phi) is 2.44. The number of benzene rings is 1. The van der Waals surface area contributed by atoms with Gasteiger partial charge in [-0.2, -0.15) is 0 Å². The highest BCUT2D eigenvalue weighted by Crippen LogP contribution is 2.27. The highest BCUT2D eigenvalue weighted by molar-refractivity contribution is 5.81. The quantitative estimate of drug-likeness (QED) is 0.785. The number of hydrogen-bond acceptors (Lipinski definition) is 1. The van der Waals surface area contributed by atoms with E-state index < -0.39 is 11.6 Å². The molecule has 3 N–H and O–H groups in total. The second-order valence-electron chi connectivity index (χ2n) is 3.66. The van der Waals surface area contributed by atoms with Gasteiger partial charge in [0.15, 0.2) is 5.82 Å². The number of nitrogens with two attached hydrogens (primary N) is 1. The first kappa shape index (κ1) is 10.1. The highest BCUT2D eigenvalue weighted by Gasteiger charge is 2.18. The Hall–Kier alpha value is -1.42. The lowest BCUT2D eigenvalue weighted by molar-refractivity contribution is 0.541. The maximum atomic E-state index is 13.9. The SMILES string of the molecule is CC(CN)c1c(F)cc2cc[nH]c2c1F. The Balaban J connectivity index is 2.72. The van der Waals surface area contributed by atoms with Gasteiger partial charge >= 0.3 is 0 Å². The molecular weight excluding hydrogens is 198 g/mol. The lowest BCUT2D eigenvalue weighted by atomic mass is 9.99. The van der Waals surface area contributed by atoms with E-state index in [1.54, 1.807) is 19.2 Å². The van der Waals surface area contributed by atoms with E-state index in [2.05, 4.69) is 4.98 Å². The first-order valence-corrected chi connectivity index (χ1v) is 4.80. The van der Waals surface area contributed by atoms with Crippen molar-refractivity contribution in [2.24, 2.45) is 5.73 Å². The average molecular weight is 210 g/mol. The first-order valence-electron chi connectivity index (χ1n) is 4.80.